The van der Waals surface area contributed by atoms with Crippen molar-refractivity contribution in [2.75, 3.05) is 6.54 Å². The second-order valence-electron chi connectivity index (χ2n) is 5.80. The molecule has 2 heterocycles. The number of aryl methyl sites for hydroxylation is 1. The quantitative estimate of drug-likeness (QED) is 0.818. The van der Waals surface area contributed by atoms with Crippen LogP contribution in [0.4, 0.5) is 0 Å². The summed E-state index contributed by atoms with van der Waals surface area (Å²) in [5.41, 5.74) is 1.51. The third-order valence-electron chi connectivity index (χ3n) is 4.15. The molecule has 1 amide bonds. The van der Waals surface area contributed by atoms with Gasteiger partial charge in [0.05, 0.1) is 12.8 Å². The first-order chi connectivity index (χ1) is 10.8. The van der Waals surface area contributed by atoms with Gasteiger partial charge in [0.15, 0.2) is 5.69 Å². The monoisotopic (exact) mass is 302 g/mol. The highest BCUT2D eigenvalue weighted by Crippen LogP contribution is 2.25. The summed E-state index contributed by atoms with van der Waals surface area (Å²) in [6.45, 7) is 3.30. The first kappa shape index (κ1) is 14.9. The first-order valence-electron chi connectivity index (χ1n) is 8.08. The van der Waals surface area contributed by atoms with E-state index >= 15 is 0 Å². The number of carbonyl (C=O) groups is 1. The van der Waals surface area contributed by atoms with Crippen LogP contribution in [0.2, 0.25) is 0 Å². The van der Waals surface area contributed by atoms with Gasteiger partial charge in [-0.05, 0) is 37.8 Å². The highest BCUT2D eigenvalue weighted by atomic mass is 16.5. The summed E-state index contributed by atoms with van der Waals surface area (Å²) in [7, 11) is 0. The van der Waals surface area contributed by atoms with E-state index in [1.807, 2.05) is 17.0 Å². The van der Waals surface area contributed by atoms with Gasteiger partial charge in [-0.1, -0.05) is 18.5 Å². The van der Waals surface area contributed by atoms with E-state index in [0.717, 1.165) is 55.6 Å². The van der Waals surface area contributed by atoms with Crippen molar-refractivity contribution < 1.29 is 13.7 Å². The molecule has 0 saturated heterocycles. The molecule has 3 rings (SSSR count). The van der Waals surface area contributed by atoms with Crippen LogP contribution in [0.1, 0.15) is 60.2 Å². The lowest BCUT2D eigenvalue weighted by Crippen LogP contribution is -2.32. The SMILES string of the molecule is CCCCN(Cc1ccco1)C(=O)c1noc2c1CCCC2. The van der Waals surface area contributed by atoms with Gasteiger partial charge in [0.25, 0.3) is 5.91 Å². The molecule has 5 nitrogen and oxygen atoms in total. The molecule has 2 aromatic heterocycles. The molecule has 2 aromatic rings. The lowest BCUT2D eigenvalue weighted by molar-refractivity contribution is 0.0717. The van der Waals surface area contributed by atoms with Crippen molar-refractivity contribution >= 4 is 5.91 Å². The number of unbranched alkanes of at least 4 members (excludes halogenated alkanes) is 1. The fourth-order valence-electron chi connectivity index (χ4n) is 2.89. The maximum absolute atomic E-state index is 12.9. The zero-order valence-electron chi connectivity index (χ0n) is 13.0. The Labute approximate surface area is 130 Å². The summed E-state index contributed by atoms with van der Waals surface area (Å²) in [4.78, 5) is 14.7. The van der Waals surface area contributed by atoms with Gasteiger partial charge < -0.3 is 13.8 Å². The summed E-state index contributed by atoms with van der Waals surface area (Å²) in [6.07, 6.45) is 7.63. The van der Waals surface area contributed by atoms with Crippen LogP contribution in [0, 0.1) is 0 Å². The Morgan fingerprint density at radius 3 is 3.00 bits per heavy atom. The van der Waals surface area contributed by atoms with E-state index in [1.165, 1.54) is 0 Å². The zero-order valence-corrected chi connectivity index (χ0v) is 13.0. The molecule has 1 aliphatic rings. The number of rotatable bonds is 6. The molecule has 0 radical (unpaired) electrons. The Bertz CT molecular complexity index is 616. The van der Waals surface area contributed by atoms with Crippen LogP contribution in [-0.4, -0.2) is 22.5 Å². The van der Waals surface area contributed by atoms with Gasteiger partial charge >= 0.3 is 0 Å². The Balaban J connectivity index is 1.80. The third-order valence-corrected chi connectivity index (χ3v) is 4.15. The summed E-state index contributed by atoms with van der Waals surface area (Å²) < 4.78 is 10.8. The summed E-state index contributed by atoms with van der Waals surface area (Å²) in [6, 6.07) is 3.74. The minimum atomic E-state index is -0.0447. The topological polar surface area (TPSA) is 59.5 Å². The number of furan rings is 1. The highest BCUT2D eigenvalue weighted by molar-refractivity contribution is 5.93. The van der Waals surface area contributed by atoms with Crippen LogP contribution in [0.5, 0.6) is 0 Å². The fourth-order valence-corrected chi connectivity index (χ4v) is 2.89. The van der Waals surface area contributed by atoms with Crippen LogP contribution >= 0.6 is 0 Å². The molecule has 0 aliphatic heterocycles. The van der Waals surface area contributed by atoms with E-state index in [0.29, 0.717) is 18.8 Å². The van der Waals surface area contributed by atoms with E-state index in [-0.39, 0.29) is 5.91 Å². The summed E-state index contributed by atoms with van der Waals surface area (Å²) in [5.74, 6) is 1.64. The largest absolute Gasteiger partial charge is 0.467 e. The second kappa shape index (κ2) is 6.81. The Hall–Kier alpha value is -2.04. The number of carbonyl (C=O) groups excluding carboxylic acids is 1. The van der Waals surface area contributed by atoms with Crippen molar-refractivity contribution in [1.29, 1.82) is 0 Å². The molecule has 0 saturated carbocycles. The number of hydrogen-bond donors (Lipinski definition) is 0. The molecular weight excluding hydrogens is 280 g/mol. The predicted octanol–water partition coefficient (Wildman–Crippen LogP) is 3.59. The number of nitrogens with zero attached hydrogens (tertiary/aromatic N) is 2. The molecule has 118 valence electrons. The van der Waals surface area contributed by atoms with E-state index in [2.05, 4.69) is 12.1 Å². The molecule has 1 aliphatic carbocycles. The maximum Gasteiger partial charge on any atom is 0.276 e. The van der Waals surface area contributed by atoms with Gasteiger partial charge in [-0.3, -0.25) is 4.79 Å². The van der Waals surface area contributed by atoms with E-state index in [4.69, 9.17) is 8.94 Å². The van der Waals surface area contributed by atoms with Gasteiger partial charge in [-0.25, -0.2) is 0 Å². The normalized spacial score (nSPS) is 13.9. The van der Waals surface area contributed by atoms with Crippen molar-refractivity contribution in [3.05, 3.63) is 41.2 Å². The van der Waals surface area contributed by atoms with Crippen molar-refractivity contribution in [3.63, 3.8) is 0 Å². The van der Waals surface area contributed by atoms with Crippen molar-refractivity contribution in [2.45, 2.75) is 52.0 Å². The molecule has 0 atom stereocenters. The molecule has 0 fully saturated rings. The van der Waals surface area contributed by atoms with E-state index in [9.17, 15) is 4.79 Å². The molecule has 0 spiro atoms. The minimum Gasteiger partial charge on any atom is -0.467 e. The lowest BCUT2D eigenvalue weighted by Gasteiger charge is -2.21. The van der Waals surface area contributed by atoms with Crippen molar-refractivity contribution in [2.24, 2.45) is 0 Å². The van der Waals surface area contributed by atoms with Gasteiger partial charge in [0.1, 0.15) is 11.5 Å². The Morgan fingerprint density at radius 1 is 1.36 bits per heavy atom. The molecular formula is C17H22N2O3. The molecule has 22 heavy (non-hydrogen) atoms. The van der Waals surface area contributed by atoms with Gasteiger partial charge in [-0.2, -0.15) is 0 Å². The number of fused-ring (bicyclic) bond motifs is 1. The number of hydrogen-bond acceptors (Lipinski definition) is 4. The fraction of sp³-hybridized carbons (Fsp3) is 0.529. The van der Waals surface area contributed by atoms with Crippen molar-refractivity contribution in [1.82, 2.24) is 10.1 Å². The molecule has 5 heteroatoms. The minimum absolute atomic E-state index is 0.0447. The highest BCUT2D eigenvalue weighted by Gasteiger charge is 2.27. The predicted molar refractivity (Wildman–Crippen MR) is 81.5 cm³/mol. The molecule has 0 N–H and O–H groups in total. The number of aromatic nitrogens is 1. The molecule has 0 unspecified atom stereocenters. The van der Waals surface area contributed by atoms with Crippen molar-refractivity contribution in [3.8, 4) is 0 Å². The molecule has 0 bridgehead atoms. The van der Waals surface area contributed by atoms with E-state index < -0.39 is 0 Å². The Morgan fingerprint density at radius 2 is 2.23 bits per heavy atom. The summed E-state index contributed by atoms with van der Waals surface area (Å²) in [5, 5.41) is 4.06. The van der Waals surface area contributed by atoms with Crippen LogP contribution < -0.4 is 0 Å². The zero-order chi connectivity index (χ0) is 15.4. The summed E-state index contributed by atoms with van der Waals surface area (Å²) >= 11 is 0. The maximum atomic E-state index is 12.9. The average Bonchev–Trinajstić information content (AvgIpc) is 3.20. The van der Waals surface area contributed by atoms with Gasteiger partial charge in [0.2, 0.25) is 0 Å². The lowest BCUT2D eigenvalue weighted by atomic mass is 9.96. The standard InChI is InChI=1S/C17H22N2O3/c1-2-3-10-19(12-13-7-6-11-21-13)17(20)16-14-8-4-5-9-15(14)22-18-16/h6-7,11H,2-5,8-10,12H2,1H3. The van der Waals surface area contributed by atoms with Gasteiger partial charge in [0, 0.05) is 18.5 Å². The van der Waals surface area contributed by atoms with Crippen LogP contribution in [0.3, 0.4) is 0 Å². The van der Waals surface area contributed by atoms with Crippen LogP contribution in [-0.2, 0) is 19.4 Å². The first-order valence-corrected chi connectivity index (χ1v) is 8.08. The van der Waals surface area contributed by atoms with Crippen LogP contribution in [0.25, 0.3) is 0 Å². The average molecular weight is 302 g/mol. The van der Waals surface area contributed by atoms with Crippen LogP contribution in [0.15, 0.2) is 27.3 Å². The van der Waals surface area contributed by atoms with Gasteiger partial charge in [-0.15, -0.1) is 0 Å². The molecule has 0 aromatic carbocycles. The second-order valence-corrected chi connectivity index (χ2v) is 5.80. The number of amides is 1. The Kier molecular flexibility index (Phi) is 4.61. The smallest absolute Gasteiger partial charge is 0.276 e. The third kappa shape index (κ3) is 3.08. The van der Waals surface area contributed by atoms with E-state index in [1.54, 1.807) is 6.26 Å².